The van der Waals surface area contributed by atoms with Crippen LogP contribution in [-0.2, 0) is 0 Å². The molecule has 1 saturated carbocycles. The van der Waals surface area contributed by atoms with Crippen LogP contribution in [0.25, 0.3) is 0 Å². The SMILES string of the molecule is C=CCN(CCO)CC1CCCC1N. The molecule has 1 aliphatic rings. The van der Waals surface area contributed by atoms with Crippen LogP contribution in [0.4, 0.5) is 0 Å². The summed E-state index contributed by atoms with van der Waals surface area (Å²) in [6.45, 7) is 6.53. The molecule has 3 heteroatoms. The maximum Gasteiger partial charge on any atom is 0.0558 e. The lowest BCUT2D eigenvalue weighted by atomic mass is 10.0. The van der Waals surface area contributed by atoms with Gasteiger partial charge in [0.25, 0.3) is 0 Å². The molecule has 0 spiro atoms. The maximum atomic E-state index is 8.90. The molecule has 14 heavy (non-hydrogen) atoms. The molecule has 0 aromatic rings. The predicted molar refractivity (Wildman–Crippen MR) is 59.0 cm³/mol. The molecule has 2 unspecified atom stereocenters. The zero-order valence-electron chi connectivity index (χ0n) is 8.86. The quantitative estimate of drug-likeness (QED) is 0.614. The lowest BCUT2D eigenvalue weighted by Gasteiger charge is -2.25. The molecule has 0 radical (unpaired) electrons. The Balaban J connectivity index is 2.33. The third-order valence-corrected chi connectivity index (χ3v) is 3.01. The minimum Gasteiger partial charge on any atom is -0.395 e. The van der Waals surface area contributed by atoms with E-state index >= 15 is 0 Å². The van der Waals surface area contributed by atoms with Crippen molar-refractivity contribution in [3.8, 4) is 0 Å². The van der Waals surface area contributed by atoms with Crippen LogP contribution < -0.4 is 5.73 Å². The number of hydrogen-bond donors (Lipinski definition) is 2. The van der Waals surface area contributed by atoms with E-state index in [4.69, 9.17) is 10.8 Å². The maximum absolute atomic E-state index is 8.90. The van der Waals surface area contributed by atoms with Crippen LogP contribution in [0.2, 0.25) is 0 Å². The predicted octanol–water partition coefficient (Wildman–Crippen LogP) is 0.594. The number of aliphatic hydroxyl groups excluding tert-OH is 1. The highest BCUT2D eigenvalue weighted by Gasteiger charge is 2.25. The molecular weight excluding hydrogens is 176 g/mol. The van der Waals surface area contributed by atoms with Crippen molar-refractivity contribution in [2.24, 2.45) is 11.7 Å². The first-order valence-corrected chi connectivity index (χ1v) is 5.47. The van der Waals surface area contributed by atoms with Crippen LogP contribution in [0.3, 0.4) is 0 Å². The Morgan fingerprint density at radius 3 is 2.79 bits per heavy atom. The summed E-state index contributed by atoms with van der Waals surface area (Å²) in [5, 5.41) is 8.90. The number of rotatable bonds is 6. The van der Waals surface area contributed by atoms with Crippen LogP contribution in [0.5, 0.6) is 0 Å². The van der Waals surface area contributed by atoms with Gasteiger partial charge in [0.1, 0.15) is 0 Å². The minimum atomic E-state index is 0.218. The van der Waals surface area contributed by atoms with Crippen molar-refractivity contribution in [3.05, 3.63) is 12.7 Å². The molecule has 1 aliphatic carbocycles. The summed E-state index contributed by atoms with van der Waals surface area (Å²) >= 11 is 0. The van der Waals surface area contributed by atoms with Gasteiger partial charge in [-0.3, -0.25) is 4.90 Å². The van der Waals surface area contributed by atoms with Crippen molar-refractivity contribution < 1.29 is 5.11 Å². The zero-order chi connectivity index (χ0) is 10.4. The fourth-order valence-electron chi connectivity index (χ4n) is 2.20. The molecule has 1 fully saturated rings. The Morgan fingerprint density at radius 1 is 1.50 bits per heavy atom. The van der Waals surface area contributed by atoms with E-state index in [1.165, 1.54) is 12.8 Å². The monoisotopic (exact) mass is 198 g/mol. The normalized spacial score (nSPS) is 27.1. The molecule has 2 atom stereocenters. The Bertz CT molecular complexity index is 173. The van der Waals surface area contributed by atoms with Crippen LogP contribution >= 0.6 is 0 Å². The Labute approximate surface area is 86.6 Å². The highest BCUT2D eigenvalue weighted by Crippen LogP contribution is 2.24. The lowest BCUT2D eigenvalue weighted by Crippen LogP contribution is -2.37. The molecular formula is C11H22N2O. The van der Waals surface area contributed by atoms with E-state index < -0.39 is 0 Å². The summed E-state index contributed by atoms with van der Waals surface area (Å²) in [6.07, 6.45) is 5.54. The number of hydrogen-bond acceptors (Lipinski definition) is 3. The van der Waals surface area contributed by atoms with E-state index in [9.17, 15) is 0 Å². The van der Waals surface area contributed by atoms with E-state index in [1.54, 1.807) is 0 Å². The van der Waals surface area contributed by atoms with Crippen molar-refractivity contribution in [1.82, 2.24) is 4.90 Å². The van der Waals surface area contributed by atoms with Gasteiger partial charge < -0.3 is 10.8 Å². The van der Waals surface area contributed by atoms with Crippen LogP contribution in [0.15, 0.2) is 12.7 Å². The highest BCUT2D eigenvalue weighted by atomic mass is 16.3. The molecule has 0 saturated heterocycles. The third kappa shape index (κ3) is 3.40. The number of aliphatic hydroxyl groups is 1. The summed E-state index contributed by atoms with van der Waals surface area (Å²) in [4.78, 5) is 2.23. The van der Waals surface area contributed by atoms with E-state index in [0.29, 0.717) is 12.0 Å². The van der Waals surface area contributed by atoms with Crippen molar-refractivity contribution in [2.45, 2.75) is 25.3 Å². The standard InChI is InChI=1S/C11H22N2O/c1-2-6-13(7-8-14)9-10-4-3-5-11(10)12/h2,10-11,14H,1,3-9,12H2. The van der Waals surface area contributed by atoms with Gasteiger partial charge in [-0.05, 0) is 18.8 Å². The first-order chi connectivity index (χ1) is 6.77. The minimum absolute atomic E-state index is 0.218. The molecule has 1 rings (SSSR count). The smallest absolute Gasteiger partial charge is 0.0558 e. The largest absolute Gasteiger partial charge is 0.395 e. The van der Waals surface area contributed by atoms with Gasteiger partial charge in [-0.2, -0.15) is 0 Å². The van der Waals surface area contributed by atoms with Crippen molar-refractivity contribution in [2.75, 3.05) is 26.2 Å². The van der Waals surface area contributed by atoms with E-state index in [0.717, 1.165) is 26.1 Å². The lowest BCUT2D eigenvalue weighted by molar-refractivity contribution is 0.184. The summed E-state index contributed by atoms with van der Waals surface area (Å²) < 4.78 is 0. The van der Waals surface area contributed by atoms with Gasteiger partial charge in [-0.25, -0.2) is 0 Å². The fraction of sp³-hybridized carbons (Fsp3) is 0.818. The fourth-order valence-corrected chi connectivity index (χ4v) is 2.20. The first-order valence-electron chi connectivity index (χ1n) is 5.47. The van der Waals surface area contributed by atoms with Gasteiger partial charge in [-0.1, -0.05) is 12.5 Å². The third-order valence-electron chi connectivity index (χ3n) is 3.01. The van der Waals surface area contributed by atoms with Gasteiger partial charge in [0.2, 0.25) is 0 Å². The average molecular weight is 198 g/mol. The zero-order valence-corrected chi connectivity index (χ0v) is 8.86. The summed E-state index contributed by atoms with van der Waals surface area (Å²) in [7, 11) is 0. The summed E-state index contributed by atoms with van der Waals surface area (Å²) in [5.74, 6) is 0.612. The van der Waals surface area contributed by atoms with Crippen LogP contribution in [0.1, 0.15) is 19.3 Å². The second-order valence-corrected chi connectivity index (χ2v) is 4.13. The molecule has 3 nitrogen and oxygen atoms in total. The molecule has 0 aromatic heterocycles. The molecule has 0 aliphatic heterocycles. The second-order valence-electron chi connectivity index (χ2n) is 4.13. The molecule has 0 heterocycles. The van der Waals surface area contributed by atoms with E-state index in [2.05, 4.69) is 11.5 Å². The summed E-state index contributed by atoms with van der Waals surface area (Å²) in [6, 6.07) is 0.362. The topological polar surface area (TPSA) is 49.5 Å². The van der Waals surface area contributed by atoms with Gasteiger partial charge in [-0.15, -0.1) is 6.58 Å². The Morgan fingerprint density at radius 2 is 2.29 bits per heavy atom. The molecule has 0 amide bonds. The van der Waals surface area contributed by atoms with E-state index in [-0.39, 0.29) is 6.61 Å². The van der Waals surface area contributed by atoms with Crippen LogP contribution in [0, 0.1) is 5.92 Å². The molecule has 0 aromatic carbocycles. The number of nitrogens with two attached hydrogens (primary N) is 1. The molecule has 0 bridgehead atoms. The van der Waals surface area contributed by atoms with Gasteiger partial charge >= 0.3 is 0 Å². The second kappa shape index (κ2) is 6.17. The van der Waals surface area contributed by atoms with Crippen molar-refractivity contribution in [3.63, 3.8) is 0 Å². The van der Waals surface area contributed by atoms with E-state index in [1.807, 2.05) is 6.08 Å². The average Bonchev–Trinajstić information content (AvgIpc) is 2.53. The van der Waals surface area contributed by atoms with Crippen molar-refractivity contribution in [1.29, 1.82) is 0 Å². The highest BCUT2D eigenvalue weighted by molar-refractivity contribution is 4.84. The molecule has 3 N–H and O–H groups in total. The van der Waals surface area contributed by atoms with Crippen molar-refractivity contribution >= 4 is 0 Å². The summed E-state index contributed by atoms with van der Waals surface area (Å²) in [5.41, 5.74) is 6.00. The van der Waals surface area contributed by atoms with Crippen LogP contribution in [-0.4, -0.2) is 42.3 Å². The number of nitrogens with zero attached hydrogens (tertiary/aromatic N) is 1. The Kier molecular flexibility index (Phi) is 5.15. The first kappa shape index (κ1) is 11.7. The molecule has 82 valence electrons. The Hall–Kier alpha value is -0.380. The van der Waals surface area contributed by atoms with Gasteiger partial charge in [0.15, 0.2) is 0 Å². The van der Waals surface area contributed by atoms with Gasteiger partial charge in [0, 0.05) is 25.7 Å². The van der Waals surface area contributed by atoms with Gasteiger partial charge in [0.05, 0.1) is 6.61 Å².